The molecule has 138 valence electrons. The Morgan fingerprint density at radius 1 is 1.08 bits per heavy atom. The Balaban J connectivity index is 2.40. The van der Waals surface area contributed by atoms with Crippen LogP contribution in [0.3, 0.4) is 0 Å². The van der Waals surface area contributed by atoms with Crippen LogP contribution in [0.15, 0.2) is 12.1 Å². The second-order valence-electron chi connectivity index (χ2n) is 5.86. The summed E-state index contributed by atoms with van der Waals surface area (Å²) in [7, 11) is 0. The number of amides is 2. The molecule has 0 aliphatic carbocycles. The van der Waals surface area contributed by atoms with Crippen molar-refractivity contribution in [1.82, 2.24) is 10.6 Å². The van der Waals surface area contributed by atoms with Crippen molar-refractivity contribution in [2.45, 2.75) is 40.7 Å². The molecule has 25 heavy (non-hydrogen) atoms. The summed E-state index contributed by atoms with van der Waals surface area (Å²) < 4.78 is 10.4. The third kappa shape index (κ3) is 6.82. The van der Waals surface area contributed by atoms with Gasteiger partial charge in [-0.25, -0.2) is 4.79 Å². The highest BCUT2D eigenvalue weighted by Gasteiger charge is 2.16. The molecule has 2 N–H and O–H groups in total. The standard InChI is InChI=1S/C18H26N2O5/c1-6-19-18(23)14(5)20-15(21)9-24-16(22)10-25-17-12(3)7-11(2)8-13(17)4/h7-8,14H,6,9-10H2,1-5H3,(H,19,23)(H,20,21)/t14-/m0/s1. The molecule has 7 heteroatoms. The minimum Gasteiger partial charge on any atom is -0.481 e. The number of hydrogen-bond donors (Lipinski definition) is 2. The number of esters is 1. The quantitative estimate of drug-likeness (QED) is 0.687. The summed E-state index contributed by atoms with van der Waals surface area (Å²) >= 11 is 0. The molecule has 1 rings (SSSR count). The fourth-order valence-corrected chi connectivity index (χ4v) is 2.39. The van der Waals surface area contributed by atoms with E-state index in [9.17, 15) is 14.4 Å². The zero-order valence-corrected chi connectivity index (χ0v) is 15.4. The number of rotatable bonds is 8. The lowest BCUT2D eigenvalue weighted by molar-refractivity contribution is -0.150. The number of hydrogen-bond acceptors (Lipinski definition) is 5. The van der Waals surface area contributed by atoms with Gasteiger partial charge in [0.1, 0.15) is 11.8 Å². The molecule has 0 saturated carbocycles. The summed E-state index contributed by atoms with van der Waals surface area (Å²) in [4.78, 5) is 34.9. The molecule has 0 aliphatic rings. The first-order valence-electron chi connectivity index (χ1n) is 8.18. The Bertz CT molecular complexity index is 619. The van der Waals surface area contributed by atoms with Crippen molar-refractivity contribution in [3.63, 3.8) is 0 Å². The summed E-state index contributed by atoms with van der Waals surface area (Å²) in [5, 5.41) is 5.04. The number of carbonyl (C=O) groups is 3. The van der Waals surface area contributed by atoms with Crippen molar-refractivity contribution in [3.05, 3.63) is 28.8 Å². The molecule has 0 heterocycles. The Hall–Kier alpha value is -2.57. The summed E-state index contributed by atoms with van der Waals surface area (Å²) in [5.41, 5.74) is 2.97. The van der Waals surface area contributed by atoms with Gasteiger partial charge in [-0.2, -0.15) is 0 Å². The molecule has 0 aromatic heterocycles. The first-order chi connectivity index (χ1) is 11.7. The zero-order chi connectivity index (χ0) is 19.0. The van der Waals surface area contributed by atoms with Gasteiger partial charge in [-0.1, -0.05) is 17.7 Å². The largest absolute Gasteiger partial charge is 0.481 e. The molecular formula is C18H26N2O5. The van der Waals surface area contributed by atoms with Crippen LogP contribution in [0.2, 0.25) is 0 Å². The van der Waals surface area contributed by atoms with Gasteiger partial charge in [0.05, 0.1) is 0 Å². The molecule has 1 atom stereocenters. The van der Waals surface area contributed by atoms with Crippen molar-refractivity contribution >= 4 is 17.8 Å². The van der Waals surface area contributed by atoms with E-state index in [0.717, 1.165) is 16.7 Å². The number of carbonyl (C=O) groups excluding carboxylic acids is 3. The summed E-state index contributed by atoms with van der Waals surface area (Å²) in [6, 6.07) is 3.23. The van der Waals surface area contributed by atoms with Gasteiger partial charge in [0.2, 0.25) is 5.91 Å². The van der Waals surface area contributed by atoms with Crippen LogP contribution in [-0.2, 0) is 19.1 Å². The topological polar surface area (TPSA) is 93.7 Å². The average molecular weight is 350 g/mol. The van der Waals surface area contributed by atoms with E-state index in [1.54, 1.807) is 13.8 Å². The fraction of sp³-hybridized carbons (Fsp3) is 0.500. The van der Waals surface area contributed by atoms with Crippen LogP contribution < -0.4 is 15.4 Å². The van der Waals surface area contributed by atoms with Crippen LogP contribution in [0.1, 0.15) is 30.5 Å². The second kappa shape index (κ2) is 9.66. The van der Waals surface area contributed by atoms with Crippen molar-refractivity contribution in [3.8, 4) is 5.75 Å². The highest BCUT2D eigenvalue weighted by Crippen LogP contribution is 2.24. The van der Waals surface area contributed by atoms with Crippen molar-refractivity contribution < 1.29 is 23.9 Å². The molecule has 7 nitrogen and oxygen atoms in total. The van der Waals surface area contributed by atoms with Gasteiger partial charge < -0.3 is 20.1 Å². The fourth-order valence-electron chi connectivity index (χ4n) is 2.39. The lowest BCUT2D eigenvalue weighted by Gasteiger charge is -2.14. The molecule has 0 fully saturated rings. The minimum atomic E-state index is -0.694. The number of nitrogens with one attached hydrogen (secondary N) is 2. The Kier molecular flexibility index (Phi) is 7.91. The minimum absolute atomic E-state index is 0.288. The van der Waals surface area contributed by atoms with Gasteiger partial charge >= 0.3 is 5.97 Å². The molecule has 2 amide bonds. The van der Waals surface area contributed by atoms with Crippen molar-refractivity contribution in [2.75, 3.05) is 19.8 Å². The van der Waals surface area contributed by atoms with Crippen molar-refractivity contribution in [2.24, 2.45) is 0 Å². The van der Waals surface area contributed by atoms with E-state index in [1.165, 1.54) is 0 Å². The SMILES string of the molecule is CCNC(=O)[C@H](C)NC(=O)COC(=O)COc1c(C)cc(C)cc1C. The van der Waals surface area contributed by atoms with Gasteiger partial charge in [0, 0.05) is 6.54 Å². The molecule has 0 unspecified atom stereocenters. The predicted octanol–water partition coefficient (Wildman–Crippen LogP) is 1.17. The van der Waals surface area contributed by atoms with E-state index in [0.29, 0.717) is 12.3 Å². The number of aryl methyl sites for hydroxylation is 3. The van der Waals surface area contributed by atoms with E-state index in [2.05, 4.69) is 10.6 Å². The molecule has 0 aliphatic heterocycles. The lowest BCUT2D eigenvalue weighted by Crippen LogP contribution is -2.46. The first-order valence-corrected chi connectivity index (χ1v) is 8.18. The zero-order valence-electron chi connectivity index (χ0n) is 15.4. The van der Waals surface area contributed by atoms with E-state index in [-0.39, 0.29) is 12.5 Å². The maximum Gasteiger partial charge on any atom is 0.344 e. The number of benzene rings is 1. The van der Waals surface area contributed by atoms with E-state index < -0.39 is 24.5 Å². The third-order valence-corrected chi connectivity index (χ3v) is 3.43. The predicted molar refractivity (Wildman–Crippen MR) is 93.4 cm³/mol. The highest BCUT2D eigenvalue weighted by atomic mass is 16.6. The molecule has 1 aromatic rings. The maximum absolute atomic E-state index is 11.7. The number of likely N-dealkylation sites (N-methyl/N-ethyl adjacent to an activating group) is 1. The monoisotopic (exact) mass is 350 g/mol. The normalized spacial score (nSPS) is 11.4. The van der Waals surface area contributed by atoms with E-state index in [4.69, 9.17) is 9.47 Å². The first kappa shape index (κ1) is 20.5. The summed E-state index contributed by atoms with van der Waals surface area (Å²) in [6.45, 7) is 8.85. The van der Waals surface area contributed by atoms with Crippen molar-refractivity contribution in [1.29, 1.82) is 0 Å². The molecule has 0 bridgehead atoms. The van der Waals surface area contributed by atoms with Crippen LogP contribution in [0.5, 0.6) is 5.75 Å². The van der Waals surface area contributed by atoms with Gasteiger partial charge in [0.25, 0.3) is 5.91 Å². The van der Waals surface area contributed by atoms with Crippen LogP contribution in [0, 0.1) is 20.8 Å². The number of ether oxygens (including phenoxy) is 2. The van der Waals surface area contributed by atoms with Gasteiger partial charge in [0.15, 0.2) is 13.2 Å². The average Bonchev–Trinajstić information content (AvgIpc) is 2.52. The lowest BCUT2D eigenvalue weighted by atomic mass is 10.1. The van der Waals surface area contributed by atoms with Gasteiger partial charge in [-0.3, -0.25) is 9.59 Å². The molecule has 1 aromatic carbocycles. The summed E-state index contributed by atoms with van der Waals surface area (Å²) in [5.74, 6) is -0.859. The smallest absolute Gasteiger partial charge is 0.344 e. The van der Waals surface area contributed by atoms with Gasteiger partial charge in [-0.15, -0.1) is 0 Å². The van der Waals surface area contributed by atoms with Crippen LogP contribution in [-0.4, -0.2) is 43.6 Å². The second-order valence-corrected chi connectivity index (χ2v) is 5.86. The van der Waals surface area contributed by atoms with E-state index >= 15 is 0 Å². The van der Waals surface area contributed by atoms with Crippen LogP contribution >= 0.6 is 0 Å². The molecule has 0 spiro atoms. The molecule has 0 saturated heterocycles. The molecular weight excluding hydrogens is 324 g/mol. The Morgan fingerprint density at radius 2 is 1.68 bits per heavy atom. The Morgan fingerprint density at radius 3 is 2.24 bits per heavy atom. The van der Waals surface area contributed by atoms with Crippen LogP contribution in [0.4, 0.5) is 0 Å². The van der Waals surface area contributed by atoms with E-state index in [1.807, 2.05) is 32.9 Å². The summed E-state index contributed by atoms with van der Waals surface area (Å²) in [6.07, 6.45) is 0. The highest BCUT2D eigenvalue weighted by molar-refractivity contribution is 5.88. The maximum atomic E-state index is 11.7. The van der Waals surface area contributed by atoms with Gasteiger partial charge in [-0.05, 0) is 45.7 Å². The molecule has 0 radical (unpaired) electrons. The van der Waals surface area contributed by atoms with Crippen LogP contribution in [0.25, 0.3) is 0 Å². The Labute approximate surface area is 148 Å². The third-order valence-electron chi connectivity index (χ3n) is 3.43.